The Labute approximate surface area is 171 Å². The molecule has 2 fully saturated rings. The number of amides is 2. The van der Waals surface area contributed by atoms with Gasteiger partial charge in [0.2, 0.25) is 11.8 Å². The van der Waals surface area contributed by atoms with Crippen LogP contribution in [-0.4, -0.2) is 46.6 Å². The number of fused-ring (bicyclic) bond motifs is 1. The van der Waals surface area contributed by atoms with Crippen molar-refractivity contribution in [2.24, 2.45) is 7.05 Å². The Hall–Kier alpha value is -2.28. The molecule has 7 heteroatoms. The molecule has 1 aromatic heterocycles. The van der Waals surface area contributed by atoms with Crippen molar-refractivity contribution in [1.29, 1.82) is 0 Å². The summed E-state index contributed by atoms with van der Waals surface area (Å²) in [5.41, 5.74) is 1.17. The number of aromatic nitrogens is 2. The van der Waals surface area contributed by atoms with Gasteiger partial charge in [-0.15, -0.1) is 0 Å². The normalized spacial score (nSPS) is 23.7. The van der Waals surface area contributed by atoms with Gasteiger partial charge < -0.3 is 4.90 Å². The van der Waals surface area contributed by atoms with Crippen LogP contribution in [-0.2, 0) is 22.1 Å². The Morgan fingerprint density at radius 3 is 2.45 bits per heavy atom. The maximum atomic E-state index is 15.0. The average molecular weight is 403 g/mol. The number of piperidine rings is 2. The van der Waals surface area contributed by atoms with Gasteiger partial charge in [0.05, 0.1) is 16.6 Å². The number of imide groups is 1. The predicted octanol–water partition coefficient (Wildman–Crippen LogP) is 3.24. The second-order valence-corrected chi connectivity index (χ2v) is 8.15. The molecule has 1 N–H and O–H groups in total. The fourth-order valence-corrected chi connectivity index (χ4v) is 4.36. The zero-order valence-corrected chi connectivity index (χ0v) is 18.0. The first-order valence-electron chi connectivity index (χ1n) is 10.5. The summed E-state index contributed by atoms with van der Waals surface area (Å²) < 4.78 is 16.8. The lowest BCUT2D eigenvalue weighted by Gasteiger charge is -2.30. The van der Waals surface area contributed by atoms with E-state index in [0.29, 0.717) is 17.5 Å². The Balaban J connectivity index is 0.00000117. The minimum absolute atomic E-state index is 0.204. The third-order valence-electron chi connectivity index (χ3n) is 6.26. The molecule has 4 rings (SSSR count). The van der Waals surface area contributed by atoms with Gasteiger partial charge in [0.25, 0.3) is 0 Å². The van der Waals surface area contributed by atoms with Gasteiger partial charge >= 0.3 is 0 Å². The smallest absolute Gasteiger partial charge is 0.238 e. The highest BCUT2D eigenvalue weighted by Gasteiger charge is 2.43. The first kappa shape index (κ1) is 21.4. The minimum Gasteiger partial charge on any atom is -0.306 e. The molecule has 2 aliphatic rings. The second-order valence-electron chi connectivity index (χ2n) is 8.15. The number of benzene rings is 1. The molecule has 0 aliphatic carbocycles. The van der Waals surface area contributed by atoms with Gasteiger partial charge in [-0.1, -0.05) is 13.8 Å². The van der Waals surface area contributed by atoms with Crippen molar-refractivity contribution in [1.82, 2.24) is 20.0 Å². The highest BCUT2D eigenvalue weighted by Crippen LogP contribution is 2.38. The molecule has 29 heavy (non-hydrogen) atoms. The van der Waals surface area contributed by atoms with Crippen LogP contribution in [0.2, 0.25) is 0 Å². The summed E-state index contributed by atoms with van der Waals surface area (Å²) in [6.45, 7) is 7.70. The number of likely N-dealkylation sites (tertiary alicyclic amines) is 1. The van der Waals surface area contributed by atoms with E-state index >= 15 is 4.39 Å². The van der Waals surface area contributed by atoms with Crippen LogP contribution < -0.4 is 5.32 Å². The van der Waals surface area contributed by atoms with E-state index in [1.165, 1.54) is 6.07 Å². The van der Waals surface area contributed by atoms with Crippen molar-refractivity contribution in [3.63, 3.8) is 0 Å². The SMILES string of the molecule is CC.CN1CCC(c2cc3c(cc2F)c(C2(C)CCC(=O)NC2=O)nn3C)CC1. The van der Waals surface area contributed by atoms with E-state index in [9.17, 15) is 9.59 Å². The summed E-state index contributed by atoms with van der Waals surface area (Å²) in [6.07, 6.45) is 2.51. The third kappa shape index (κ3) is 3.80. The molecule has 2 aromatic rings. The first-order chi connectivity index (χ1) is 13.8. The zero-order valence-electron chi connectivity index (χ0n) is 18.0. The number of carbonyl (C=O) groups is 2. The van der Waals surface area contributed by atoms with E-state index in [4.69, 9.17) is 0 Å². The van der Waals surface area contributed by atoms with Gasteiger partial charge in [-0.25, -0.2) is 4.39 Å². The van der Waals surface area contributed by atoms with Crippen molar-refractivity contribution in [3.8, 4) is 0 Å². The molecule has 1 atom stereocenters. The Morgan fingerprint density at radius 1 is 1.17 bits per heavy atom. The Morgan fingerprint density at radius 2 is 1.83 bits per heavy atom. The molecule has 2 saturated heterocycles. The molecular weight excluding hydrogens is 371 g/mol. The second kappa shape index (κ2) is 8.22. The van der Waals surface area contributed by atoms with Crippen LogP contribution >= 0.6 is 0 Å². The molecule has 1 aromatic carbocycles. The number of nitrogens with one attached hydrogen (secondary N) is 1. The lowest BCUT2D eigenvalue weighted by molar-refractivity contribution is -0.137. The molecule has 0 spiro atoms. The van der Waals surface area contributed by atoms with Crippen LogP contribution in [0, 0.1) is 5.82 Å². The van der Waals surface area contributed by atoms with Crippen LogP contribution in [0.1, 0.15) is 63.6 Å². The van der Waals surface area contributed by atoms with Crippen LogP contribution in [0.3, 0.4) is 0 Å². The molecule has 1 unspecified atom stereocenters. The van der Waals surface area contributed by atoms with E-state index in [0.717, 1.165) is 37.0 Å². The van der Waals surface area contributed by atoms with Crippen molar-refractivity contribution in [2.75, 3.05) is 20.1 Å². The quantitative estimate of drug-likeness (QED) is 0.783. The lowest BCUT2D eigenvalue weighted by atomic mass is 9.77. The van der Waals surface area contributed by atoms with E-state index < -0.39 is 5.41 Å². The third-order valence-corrected chi connectivity index (χ3v) is 6.26. The number of aryl methyl sites for hydroxylation is 1. The summed E-state index contributed by atoms with van der Waals surface area (Å²) in [5, 5.41) is 7.62. The maximum absolute atomic E-state index is 15.0. The zero-order chi connectivity index (χ0) is 21.3. The summed E-state index contributed by atoms with van der Waals surface area (Å²) in [7, 11) is 3.90. The highest BCUT2D eigenvalue weighted by atomic mass is 19.1. The molecule has 6 nitrogen and oxygen atoms in total. The van der Waals surface area contributed by atoms with Gasteiger partial charge in [0, 0.05) is 18.9 Å². The molecule has 2 amide bonds. The predicted molar refractivity (Wildman–Crippen MR) is 111 cm³/mol. The Kier molecular flexibility index (Phi) is 6.08. The molecule has 0 radical (unpaired) electrons. The van der Waals surface area contributed by atoms with Crippen molar-refractivity contribution >= 4 is 22.7 Å². The maximum Gasteiger partial charge on any atom is 0.238 e. The van der Waals surface area contributed by atoms with Crippen molar-refractivity contribution < 1.29 is 14.0 Å². The van der Waals surface area contributed by atoms with E-state index in [-0.39, 0.29) is 30.0 Å². The van der Waals surface area contributed by atoms with Gasteiger partial charge in [0.1, 0.15) is 5.82 Å². The number of hydrogen-bond donors (Lipinski definition) is 1. The van der Waals surface area contributed by atoms with Crippen molar-refractivity contribution in [3.05, 3.63) is 29.2 Å². The van der Waals surface area contributed by atoms with Gasteiger partial charge in [-0.3, -0.25) is 19.6 Å². The fourth-order valence-electron chi connectivity index (χ4n) is 4.36. The summed E-state index contributed by atoms with van der Waals surface area (Å²) in [5.74, 6) is -0.663. The molecule has 2 aliphatic heterocycles. The summed E-state index contributed by atoms with van der Waals surface area (Å²) >= 11 is 0. The van der Waals surface area contributed by atoms with Crippen LogP contribution in [0.15, 0.2) is 12.1 Å². The number of hydrogen-bond acceptors (Lipinski definition) is 4. The van der Waals surface area contributed by atoms with Crippen LogP contribution in [0.4, 0.5) is 4.39 Å². The van der Waals surface area contributed by atoms with E-state index in [2.05, 4.69) is 22.4 Å². The standard InChI is InChI=1S/C20H25FN4O2.C2H6/c1-20(7-4-17(26)22-19(20)27)18-14-10-15(21)13(11-16(14)25(3)23-18)12-5-8-24(2)9-6-12;1-2/h10-12H,4-9H2,1-3H3,(H,22,26,27);1-2H3. The topological polar surface area (TPSA) is 67.2 Å². The average Bonchev–Trinajstić information content (AvgIpc) is 3.03. The van der Waals surface area contributed by atoms with Crippen molar-refractivity contribution in [2.45, 2.75) is 57.8 Å². The number of halogens is 1. The fraction of sp³-hybridized carbons (Fsp3) is 0.591. The van der Waals surface area contributed by atoms with Gasteiger partial charge in [0.15, 0.2) is 0 Å². The summed E-state index contributed by atoms with van der Waals surface area (Å²) in [4.78, 5) is 26.3. The van der Waals surface area contributed by atoms with Crippen LogP contribution in [0.5, 0.6) is 0 Å². The van der Waals surface area contributed by atoms with Crippen LogP contribution in [0.25, 0.3) is 10.9 Å². The molecular formula is C22H31FN4O2. The monoisotopic (exact) mass is 402 g/mol. The molecule has 0 bridgehead atoms. The highest BCUT2D eigenvalue weighted by molar-refractivity contribution is 6.04. The largest absolute Gasteiger partial charge is 0.306 e. The van der Waals surface area contributed by atoms with E-state index in [1.807, 2.05) is 27.0 Å². The molecule has 0 saturated carbocycles. The minimum atomic E-state index is -0.936. The van der Waals surface area contributed by atoms with E-state index in [1.54, 1.807) is 11.6 Å². The molecule has 3 heterocycles. The summed E-state index contributed by atoms with van der Waals surface area (Å²) in [6, 6.07) is 3.42. The Bertz CT molecular complexity index is 931. The number of carbonyl (C=O) groups excluding carboxylic acids is 2. The number of rotatable bonds is 2. The number of nitrogens with zero attached hydrogens (tertiary/aromatic N) is 3. The first-order valence-corrected chi connectivity index (χ1v) is 10.5. The van der Waals surface area contributed by atoms with Gasteiger partial charge in [-0.05, 0) is 69.9 Å². The molecule has 158 valence electrons. The van der Waals surface area contributed by atoms with Gasteiger partial charge in [-0.2, -0.15) is 5.10 Å². The lowest BCUT2D eigenvalue weighted by Crippen LogP contribution is -2.50.